The molecule has 1 fully saturated rings. The molecule has 1 aliphatic heterocycles. The number of rotatable bonds is 3. The number of ether oxygens (including phenoxy) is 1. The third-order valence-electron chi connectivity index (χ3n) is 5.32. The quantitative estimate of drug-likeness (QED) is 0.797. The Morgan fingerprint density at radius 2 is 1.93 bits per heavy atom. The van der Waals surface area contributed by atoms with E-state index in [0.717, 1.165) is 29.3 Å². The largest absolute Gasteiger partial charge is 0.465 e. The molecule has 4 rings (SSSR count). The van der Waals surface area contributed by atoms with Crippen LogP contribution in [-0.4, -0.2) is 27.9 Å². The van der Waals surface area contributed by atoms with Gasteiger partial charge in [-0.25, -0.2) is 9.79 Å². The number of aromatic amines is 1. The fourth-order valence-electron chi connectivity index (χ4n) is 3.96. The van der Waals surface area contributed by atoms with Gasteiger partial charge in [0.05, 0.1) is 34.6 Å². The summed E-state index contributed by atoms with van der Waals surface area (Å²) >= 11 is 1.58. The van der Waals surface area contributed by atoms with Crippen LogP contribution in [0.1, 0.15) is 71.8 Å². The minimum Gasteiger partial charge on any atom is -0.465 e. The number of carbonyl (C=O) groups is 1. The van der Waals surface area contributed by atoms with Crippen LogP contribution in [0, 0.1) is 0 Å². The number of fused-ring (bicyclic) bond motifs is 1. The van der Waals surface area contributed by atoms with Crippen molar-refractivity contribution in [3.63, 3.8) is 0 Å². The van der Waals surface area contributed by atoms with E-state index in [1.165, 1.54) is 26.4 Å². The number of aliphatic imine (C=N–C) groups is 1. The van der Waals surface area contributed by atoms with E-state index < -0.39 is 0 Å². The van der Waals surface area contributed by atoms with Gasteiger partial charge in [-0.2, -0.15) is 0 Å². The molecule has 1 N–H and O–H groups in total. The van der Waals surface area contributed by atoms with Gasteiger partial charge in [-0.3, -0.25) is 14.6 Å². The first-order valence-corrected chi connectivity index (χ1v) is 10.2. The van der Waals surface area contributed by atoms with Crippen molar-refractivity contribution >= 4 is 28.6 Å². The number of thioether (sulfide) groups is 1. The number of nitrogens with zero attached hydrogens (tertiary/aromatic N) is 2. The van der Waals surface area contributed by atoms with Gasteiger partial charge in [0.1, 0.15) is 0 Å². The standard InChI is InChI=1S/C20H23N3O3S/c1-12-21-18-16(19(24)22-23(18)15-6-4-3-5-7-15)17(27-12)13-8-10-14(11-9-13)20(25)26-2/h8-11,15,17H,3-7H2,1-2H3,(H,22,24)/t17-/m1/s1. The molecular weight excluding hydrogens is 362 g/mol. The topological polar surface area (TPSA) is 76.4 Å². The molecule has 27 heavy (non-hydrogen) atoms. The van der Waals surface area contributed by atoms with E-state index >= 15 is 0 Å². The number of hydrogen-bond donors (Lipinski definition) is 1. The number of nitrogens with one attached hydrogen (secondary N) is 1. The van der Waals surface area contributed by atoms with Crippen LogP contribution in [0.3, 0.4) is 0 Å². The first-order chi connectivity index (χ1) is 13.1. The van der Waals surface area contributed by atoms with Crippen LogP contribution in [0.2, 0.25) is 0 Å². The summed E-state index contributed by atoms with van der Waals surface area (Å²) in [6, 6.07) is 7.59. The van der Waals surface area contributed by atoms with Crippen LogP contribution in [0.25, 0.3) is 0 Å². The Kier molecular flexibility index (Phi) is 4.95. The third-order valence-corrected chi connectivity index (χ3v) is 6.50. The van der Waals surface area contributed by atoms with E-state index in [2.05, 4.69) is 5.10 Å². The fourth-order valence-corrected chi connectivity index (χ4v) is 5.06. The average Bonchev–Trinajstić information content (AvgIpc) is 3.04. The maximum absolute atomic E-state index is 12.8. The lowest BCUT2D eigenvalue weighted by Crippen LogP contribution is -2.16. The van der Waals surface area contributed by atoms with Crippen molar-refractivity contribution in [3.8, 4) is 0 Å². The summed E-state index contributed by atoms with van der Waals surface area (Å²) in [5.41, 5.74) is 2.12. The second-order valence-corrected chi connectivity index (χ2v) is 8.38. The molecule has 1 aromatic carbocycles. The zero-order valence-electron chi connectivity index (χ0n) is 15.5. The Hall–Kier alpha value is -2.28. The van der Waals surface area contributed by atoms with Crippen molar-refractivity contribution in [2.24, 2.45) is 4.99 Å². The summed E-state index contributed by atoms with van der Waals surface area (Å²) in [6.07, 6.45) is 5.80. The third kappa shape index (κ3) is 3.36. The highest BCUT2D eigenvalue weighted by Gasteiger charge is 2.32. The number of benzene rings is 1. The van der Waals surface area contributed by atoms with Crippen LogP contribution >= 0.6 is 11.8 Å². The highest BCUT2D eigenvalue weighted by atomic mass is 32.2. The number of hydrogen-bond acceptors (Lipinski definition) is 5. The van der Waals surface area contributed by atoms with Crippen molar-refractivity contribution in [2.75, 3.05) is 7.11 Å². The number of esters is 1. The molecule has 2 aromatic rings. The number of methoxy groups -OCH3 is 1. The van der Waals surface area contributed by atoms with Gasteiger partial charge in [-0.1, -0.05) is 43.2 Å². The van der Waals surface area contributed by atoms with Crippen molar-refractivity contribution in [1.29, 1.82) is 0 Å². The first kappa shape index (κ1) is 18.1. The molecule has 1 aliphatic carbocycles. The normalized spacial score (nSPS) is 20.1. The molecule has 0 unspecified atom stereocenters. The lowest BCUT2D eigenvalue weighted by Gasteiger charge is -2.26. The molecule has 1 aromatic heterocycles. The Morgan fingerprint density at radius 3 is 2.59 bits per heavy atom. The van der Waals surface area contributed by atoms with Gasteiger partial charge in [0, 0.05) is 0 Å². The molecule has 0 bridgehead atoms. The minimum absolute atomic E-state index is 0.0682. The average molecular weight is 385 g/mol. The van der Waals surface area contributed by atoms with Gasteiger partial charge in [0.15, 0.2) is 5.82 Å². The Labute approximate surface area is 162 Å². The molecule has 7 heteroatoms. The Bertz CT molecular complexity index is 936. The molecule has 142 valence electrons. The van der Waals surface area contributed by atoms with E-state index in [9.17, 15) is 9.59 Å². The zero-order chi connectivity index (χ0) is 19.0. The SMILES string of the molecule is COC(=O)c1ccc([C@H]2SC(C)=Nc3c2c(=O)[nH]n3C2CCCCC2)cc1. The summed E-state index contributed by atoms with van der Waals surface area (Å²) in [6.45, 7) is 1.98. The van der Waals surface area contributed by atoms with Gasteiger partial charge >= 0.3 is 5.97 Å². The zero-order valence-corrected chi connectivity index (χ0v) is 16.3. The summed E-state index contributed by atoms with van der Waals surface area (Å²) in [4.78, 5) is 29.2. The van der Waals surface area contributed by atoms with Gasteiger partial charge < -0.3 is 4.74 Å². The summed E-state index contributed by atoms with van der Waals surface area (Å²) in [7, 11) is 1.37. The lowest BCUT2D eigenvalue weighted by atomic mass is 9.95. The summed E-state index contributed by atoms with van der Waals surface area (Å²) in [5, 5.41) is 3.86. The fraction of sp³-hybridized carbons (Fsp3) is 0.450. The van der Waals surface area contributed by atoms with Crippen LogP contribution in [0.4, 0.5) is 5.82 Å². The second kappa shape index (κ2) is 7.38. The monoisotopic (exact) mass is 385 g/mol. The molecule has 1 saturated carbocycles. The van der Waals surface area contributed by atoms with Crippen LogP contribution < -0.4 is 5.56 Å². The van der Waals surface area contributed by atoms with Crippen molar-refractivity contribution in [1.82, 2.24) is 9.78 Å². The highest BCUT2D eigenvalue weighted by Crippen LogP contribution is 2.45. The Morgan fingerprint density at radius 1 is 1.22 bits per heavy atom. The number of carbonyl (C=O) groups excluding carboxylic acids is 1. The molecule has 0 amide bonds. The molecule has 0 spiro atoms. The lowest BCUT2D eigenvalue weighted by molar-refractivity contribution is 0.0600. The van der Waals surface area contributed by atoms with Crippen LogP contribution in [0.5, 0.6) is 0 Å². The first-order valence-electron chi connectivity index (χ1n) is 9.33. The number of aromatic nitrogens is 2. The van der Waals surface area contributed by atoms with E-state index in [1.54, 1.807) is 23.9 Å². The van der Waals surface area contributed by atoms with Gasteiger partial charge in [0.25, 0.3) is 5.56 Å². The molecule has 2 heterocycles. The maximum atomic E-state index is 12.8. The van der Waals surface area contributed by atoms with Gasteiger partial charge in [-0.05, 0) is 37.5 Å². The van der Waals surface area contributed by atoms with E-state index in [0.29, 0.717) is 17.2 Å². The van der Waals surface area contributed by atoms with Gasteiger partial charge in [-0.15, -0.1) is 0 Å². The van der Waals surface area contributed by atoms with E-state index in [1.807, 2.05) is 23.7 Å². The van der Waals surface area contributed by atoms with E-state index in [4.69, 9.17) is 9.73 Å². The molecule has 2 aliphatic rings. The maximum Gasteiger partial charge on any atom is 0.337 e. The molecule has 0 radical (unpaired) electrons. The molecule has 6 nitrogen and oxygen atoms in total. The minimum atomic E-state index is -0.363. The number of H-pyrrole nitrogens is 1. The highest BCUT2D eigenvalue weighted by molar-refractivity contribution is 8.14. The smallest absolute Gasteiger partial charge is 0.337 e. The Balaban J connectivity index is 1.73. The van der Waals surface area contributed by atoms with Crippen molar-refractivity contribution < 1.29 is 9.53 Å². The van der Waals surface area contributed by atoms with Gasteiger partial charge in [0.2, 0.25) is 0 Å². The van der Waals surface area contributed by atoms with Crippen LogP contribution in [-0.2, 0) is 4.74 Å². The second-order valence-electron chi connectivity index (χ2n) is 7.08. The predicted octanol–water partition coefficient (Wildman–Crippen LogP) is 4.35. The van der Waals surface area contributed by atoms with Crippen LogP contribution in [0.15, 0.2) is 34.1 Å². The summed E-state index contributed by atoms with van der Waals surface area (Å²) < 4.78 is 6.76. The molecule has 0 saturated heterocycles. The molecule has 1 atom stereocenters. The van der Waals surface area contributed by atoms with E-state index in [-0.39, 0.29) is 16.8 Å². The predicted molar refractivity (Wildman–Crippen MR) is 107 cm³/mol. The van der Waals surface area contributed by atoms with Crippen molar-refractivity contribution in [3.05, 3.63) is 51.3 Å². The molecular formula is C20H23N3O3S. The van der Waals surface area contributed by atoms with Crippen molar-refractivity contribution in [2.45, 2.75) is 50.3 Å². The summed E-state index contributed by atoms with van der Waals surface area (Å²) in [5.74, 6) is 0.405.